The molecule has 0 spiro atoms. The highest BCUT2D eigenvalue weighted by Gasteiger charge is 2.29. The monoisotopic (exact) mass is 204 g/mol. The number of rotatable bonds is 3. The first kappa shape index (κ1) is 10.3. The van der Waals surface area contributed by atoms with E-state index in [4.69, 9.17) is 11.6 Å². The van der Waals surface area contributed by atoms with Crippen molar-refractivity contribution in [1.29, 1.82) is 0 Å². The van der Waals surface area contributed by atoms with Crippen LogP contribution in [-0.2, 0) is 9.59 Å². The number of piperazine rings is 1. The van der Waals surface area contributed by atoms with Gasteiger partial charge in [0.25, 0.3) is 0 Å². The average molecular weight is 205 g/mol. The number of halogens is 1. The third-order valence-corrected chi connectivity index (χ3v) is 2.35. The average Bonchev–Trinajstić information content (AvgIpc) is 2.13. The Hall–Kier alpha value is -0.770. The number of hydrogen-bond donors (Lipinski definition) is 0. The van der Waals surface area contributed by atoms with Gasteiger partial charge in [-0.3, -0.25) is 9.59 Å². The van der Waals surface area contributed by atoms with Crippen molar-refractivity contribution in [1.82, 2.24) is 9.80 Å². The maximum absolute atomic E-state index is 11.3. The van der Waals surface area contributed by atoms with Gasteiger partial charge in [-0.15, -0.1) is 11.6 Å². The lowest BCUT2D eigenvalue weighted by Crippen LogP contribution is -2.52. The summed E-state index contributed by atoms with van der Waals surface area (Å²) < 4.78 is 0. The molecule has 1 saturated heterocycles. The lowest BCUT2D eigenvalue weighted by atomic mass is 10.3. The van der Waals surface area contributed by atoms with Crippen LogP contribution in [0.2, 0.25) is 0 Å². The van der Waals surface area contributed by atoms with Gasteiger partial charge < -0.3 is 9.80 Å². The van der Waals surface area contributed by atoms with Crippen molar-refractivity contribution in [2.24, 2.45) is 0 Å². The molecule has 0 aromatic carbocycles. The minimum Gasteiger partial charge on any atom is -0.336 e. The van der Waals surface area contributed by atoms with Crippen LogP contribution in [0.1, 0.15) is 6.42 Å². The zero-order valence-corrected chi connectivity index (χ0v) is 8.38. The molecule has 0 aromatic rings. The van der Waals surface area contributed by atoms with Crippen molar-refractivity contribution in [3.63, 3.8) is 0 Å². The normalized spacial score (nSPS) is 18.3. The minimum absolute atomic E-state index is 0.404. The summed E-state index contributed by atoms with van der Waals surface area (Å²) in [5, 5.41) is 0. The van der Waals surface area contributed by atoms with Gasteiger partial charge in [0.2, 0.25) is 0 Å². The van der Waals surface area contributed by atoms with Crippen LogP contribution in [0.3, 0.4) is 0 Å². The standard InChI is InChI=1S/C8H13ClN2O2/c1-10-5-6-11(4-2-3-9)8(13)7(10)12/h2-6H2,1H3. The molecule has 1 rings (SSSR count). The second kappa shape index (κ2) is 4.46. The molecule has 13 heavy (non-hydrogen) atoms. The van der Waals surface area contributed by atoms with E-state index in [-0.39, 0.29) is 0 Å². The fourth-order valence-electron chi connectivity index (χ4n) is 1.24. The molecular formula is C8H13ClN2O2. The first-order valence-electron chi connectivity index (χ1n) is 4.27. The number of amides is 2. The third kappa shape index (κ3) is 2.34. The van der Waals surface area contributed by atoms with Crippen LogP contribution < -0.4 is 0 Å². The Morgan fingerprint density at radius 2 is 2.00 bits per heavy atom. The fraction of sp³-hybridized carbons (Fsp3) is 0.750. The van der Waals surface area contributed by atoms with E-state index in [1.165, 1.54) is 4.90 Å². The first-order chi connectivity index (χ1) is 6.16. The Labute approximate surface area is 82.4 Å². The zero-order chi connectivity index (χ0) is 9.84. The Bertz CT molecular complexity index is 218. The lowest BCUT2D eigenvalue weighted by Gasteiger charge is -2.31. The number of likely N-dealkylation sites (N-methyl/N-ethyl adjacent to an activating group) is 1. The molecule has 0 radical (unpaired) electrons. The summed E-state index contributed by atoms with van der Waals surface area (Å²) in [4.78, 5) is 25.5. The molecule has 4 nitrogen and oxygen atoms in total. The number of nitrogens with zero attached hydrogens (tertiary/aromatic N) is 2. The first-order valence-corrected chi connectivity index (χ1v) is 4.80. The summed E-state index contributed by atoms with van der Waals surface area (Å²) in [5.41, 5.74) is 0. The Balaban J connectivity index is 2.49. The molecule has 5 heteroatoms. The second-order valence-corrected chi connectivity index (χ2v) is 3.44. The van der Waals surface area contributed by atoms with Crippen LogP contribution in [0.25, 0.3) is 0 Å². The molecular weight excluding hydrogens is 192 g/mol. The van der Waals surface area contributed by atoms with Gasteiger partial charge in [0.1, 0.15) is 0 Å². The highest BCUT2D eigenvalue weighted by atomic mass is 35.5. The zero-order valence-electron chi connectivity index (χ0n) is 7.62. The highest BCUT2D eigenvalue weighted by Crippen LogP contribution is 2.03. The van der Waals surface area contributed by atoms with Gasteiger partial charge >= 0.3 is 11.8 Å². The Morgan fingerprint density at radius 1 is 1.31 bits per heavy atom. The van der Waals surface area contributed by atoms with Crippen molar-refractivity contribution >= 4 is 23.4 Å². The summed E-state index contributed by atoms with van der Waals surface area (Å²) in [5.74, 6) is -0.298. The van der Waals surface area contributed by atoms with Crippen LogP contribution in [-0.4, -0.2) is 54.2 Å². The number of hydrogen-bond acceptors (Lipinski definition) is 2. The molecule has 0 unspecified atom stereocenters. The fourth-order valence-corrected chi connectivity index (χ4v) is 1.36. The van der Waals surface area contributed by atoms with Crippen LogP contribution in [0.4, 0.5) is 0 Å². The Morgan fingerprint density at radius 3 is 2.62 bits per heavy atom. The molecule has 2 amide bonds. The van der Waals surface area contributed by atoms with Gasteiger partial charge in [-0.05, 0) is 6.42 Å². The molecule has 0 aromatic heterocycles. The largest absolute Gasteiger partial charge is 0.336 e. The maximum Gasteiger partial charge on any atom is 0.312 e. The molecule has 0 atom stereocenters. The van der Waals surface area contributed by atoms with Gasteiger partial charge in [0.15, 0.2) is 0 Å². The van der Waals surface area contributed by atoms with Crippen LogP contribution in [0, 0.1) is 0 Å². The van der Waals surface area contributed by atoms with Crippen molar-refractivity contribution in [2.45, 2.75) is 6.42 Å². The van der Waals surface area contributed by atoms with Crippen molar-refractivity contribution in [2.75, 3.05) is 32.6 Å². The van der Waals surface area contributed by atoms with E-state index in [1.807, 2.05) is 0 Å². The van der Waals surface area contributed by atoms with E-state index in [0.29, 0.717) is 25.5 Å². The summed E-state index contributed by atoms with van der Waals surface area (Å²) >= 11 is 5.50. The van der Waals surface area contributed by atoms with Crippen LogP contribution in [0.5, 0.6) is 0 Å². The summed E-state index contributed by atoms with van der Waals surface area (Å²) in [6.45, 7) is 1.83. The summed E-state index contributed by atoms with van der Waals surface area (Å²) in [6.07, 6.45) is 0.740. The molecule has 1 fully saturated rings. The molecule has 0 aliphatic carbocycles. The van der Waals surface area contributed by atoms with E-state index in [1.54, 1.807) is 11.9 Å². The minimum atomic E-state index is -0.416. The molecule has 0 bridgehead atoms. The van der Waals surface area contributed by atoms with Gasteiger partial charge in [-0.2, -0.15) is 0 Å². The van der Waals surface area contributed by atoms with Crippen LogP contribution in [0.15, 0.2) is 0 Å². The quantitative estimate of drug-likeness (QED) is 0.477. The van der Waals surface area contributed by atoms with Gasteiger partial charge in [0.05, 0.1) is 0 Å². The maximum atomic E-state index is 11.3. The van der Waals surface area contributed by atoms with E-state index < -0.39 is 11.8 Å². The smallest absolute Gasteiger partial charge is 0.312 e. The predicted molar refractivity (Wildman–Crippen MR) is 49.6 cm³/mol. The molecule has 1 aliphatic rings. The van der Waals surface area contributed by atoms with E-state index in [0.717, 1.165) is 6.42 Å². The van der Waals surface area contributed by atoms with Gasteiger partial charge in [-0.25, -0.2) is 0 Å². The number of carbonyl (C=O) groups is 2. The van der Waals surface area contributed by atoms with E-state index in [2.05, 4.69) is 0 Å². The number of carbonyl (C=O) groups excluding carboxylic acids is 2. The topological polar surface area (TPSA) is 40.6 Å². The van der Waals surface area contributed by atoms with Gasteiger partial charge in [0, 0.05) is 32.6 Å². The van der Waals surface area contributed by atoms with E-state index in [9.17, 15) is 9.59 Å². The van der Waals surface area contributed by atoms with Crippen molar-refractivity contribution in [3.8, 4) is 0 Å². The Kier molecular flexibility index (Phi) is 3.54. The highest BCUT2D eigenvalue weighted by molar-refractivity contribution is 6.35. The van der Waals surface area contributed by atoms with Crippen molar-refractivity contribution in [3.05, 3.63) is 0 Å². The second-order valence-electron chi connectivity index (χ2n) is 3.06. The SMILES string of the molecule is CN1CCN(CCCCl)C(=O)C1=O. The predicted octanol–water partition coefficient (Wildman–Crippen LogP) is -0.0841. The molecule has 1 heterocycles. The van der Waals surface area contributed by atoms with Crippen molar-refractivity contribution < 1.29 is 9.59 Å². The molecule has 1 aliphatic heterocycles. The molecule has 0 saturated carbocycles. The van der Waals surface area contributed by atoms with E-state index >= 15 is 0 Å². The van der Waals surface area contributed by atoms with Gasteiger partial charge in [-0.1, -0.05) is 0 Å². The summed E-state index contributed by atoms with van der Waals surface area (Å²) in [7, 11) is 1.64. The molecule has 0 N–H and O–H groups in total. The lowest BCUT2D eigenvalue weighted by molar-refractivity contribution is -0.154. The van der Waals surface area contributed by atoms with Crippen LogP contribution >= 0.6 is 11.6 Å². The third-order valence-electron chi connectivity index (χ3n) is 2.08. The molecule has 74 valence electrons. The summed E-state index contributed by atoms with van der Waals surface area (Å²) in [6, 6.07) is 0. The number of alkyl halides is 1.